The molecule has 3 rings (SSSR count). The highest BCUT2D eigenvalue weighted by Crippen LogP contribution is 2.18. The van der Waals surface area contributed by atoms with Crippen LogP contribution in [0.15, 0.2) is 0 Å². The van der Waals surface area contributed by atoms with Crippen LogP contribution in [0.2, 0.25) is 0 Å². The average molecular weight is 509 g/mol. The molecule has 0 spiro atoms. The van der Waals surface area contributed by atoms with E-state index in [0.717, 1.165) is 78.5 Å². The molecule has 2 unspecified atom stereocenters. The van der Waals surface area contributed by atoms with Gasteiger partial charge in [-0.1, -0.05) is 50.3 Å². The highest BCUT2D eigenvalue weighted by molar-refractivity contribution is 14.1. The quantitative estimate of drug-likeness (QED) is 0.213. The monoisotopic (exact) mass is 508 g/mol. The molecule has 0 amide bonds. The summed E-state index contributed by atoms with van der Waals surface area (Å²) < 4.78 is 0.192. The molecule has 6 nitrogen and oxygen atoms in total. The zero-order valence-corrected chi connectivity index (χ0v) is 20.8. The summed E-state index contributed by atoms with van der Waals surface area (Å²) in [6.07, 6.45) is 0. The summed E-state index contributed by atoms with van der Waals surface area (Å²) in [6.45, 7) is 22.1. The van der Waals surface area contributed by atoms with Crippen LogP contribution in [0.25, 0.3) is 0 Å². The number of fused-ring (bicyclic) bond motifs is 18. The van der Waals surface area contributed by atoms with E-state index >= 15 is 0 Å². The zero-order valence-electron chi connectivity index (χ0n) is 18.6. The summed E-state index contributed by atoms with van der Waals surface area (Å²) in [7, 11) is 0. The van der Waals surface area contributed by atoms with Crippen molar-refractivity contribution >= 4 is 22.6 Å². The van der Waals surface area contributed by atoms with Crippen molar-refractivity contribution in [2.45, 2.75) is 31.1 Å². The maximum absolute atomic E-state index is 3.76. The fourth-order valence-corrected chi connectivity index (χ4v) is 4.89. The molecule has 0 saturated carbocycles. The van der Waals surface area contributed by atoms with Gasteiger partial charge in [0.1, 0.15) is 0 Å². The molecule has 3 saturated heterocycles. The minimum absolute atomic E-state index is 0.192. The molecule has 0 aromatic carbocycles. The Morgan fingerprint density at radius 3 is 1.07 bits per heavy atom. The molecule has 0 aliphatic carbocycles. The molecule has 28 heavy (non-hydrogen) atoms. The highest BCUT2D eigenvalue weighted by Gasteiger charge is 2.28. The van der Waals surface area contributed by atoms with E-state index in [-0.39, 0.29) is 8.84 Å². The molecule has 3 aliphatic rings. The van der Waals surface area contributed by atoms with Crippen LogP contribution in [0.4, 0.5) is 0 Å². The maximum Gasteiger partial charge on any atom is 0.0594 e. The van der Waals surface area contributed by atoms with Gasteiger partial charge in [-0.15, -0.1) is 0 Å². The van der Waals surface area contributed by atoms with Gasteiger partial charge in [0, 0.05) is 44.7 Å². The van der Waals surface area contributed by atoms with Crippen LogP contribution >= 0.6 is 22.6 Å². The van der Waals surface area contributed by atoms with E-state index in [1.54, 1.807) is 0 Å². The molecule has 3 aliphatic heterocycles. The summed E-state index contributed by atoms with van der Waals surface area (Å²) in [5.41, 5.74) is 0.221. The Kier molecular flexibility index (Phi) is 10.9. The Labute approximate surface area is 187 Å². The molecular formula is C21H45IN6. The van der Waals surface area contributed by atoms with Gasteiger partial charge in [-0.3, -0.25) is 0 Å². The second-order valence-electron chi connectivity index (χ2n) is 10.1. The number of rotatable bonds is 0. The first-order chi connectivity index (χ1) is 13.3. The summed E-state index contributed by atoms with van der Waals surface area (Å²) in [4.78, 5) is 0. The van der Waals surface area contributed by atoms with Gasteiger partial charge < -0.3 is 31.9 Å². The van der Waals surface area contributed by atoms with Crippen LogP contribution < -0.4 is 31.9 Å². The number of halogens is 1. The molecule has 6 N–H and O–H groups in total. The number of hydrogen-bond donors (Lipinski definition) is 6. The van der Waals surface area contributed by atoms with Crippen molar-refractivity contribution in [1.29, 1.82) is 0 Å². The number of nitrogens with one attached hydrogen (secondary N) is 6. The van der Waals surface area contributed by atoms with Gasteiger partial charge in [-0.25, -0.2) is 0 Å². The third kappa shape index (κ3) is 9.53. The Morgan fingerprint density at radius 1 is 0.536 bits per heavy atom. The van der Waals surface area contributed by atoms with Crippen molar-refractivity contribution < 1.29 is 0 Å². The topological polar surface area (TPSA) is 72.2 Å². The summed E-state index contributed by atoms with van der Waals surface area (Å²) in [5.74, 6) is 1.90. The van der Waals surface area contributed by atoms with E-state index in [0.29, 0.717) is 17.8 Å². The predicted molar refractivity (Wildman–Crippen MR) is 130 cm³/mol. The van der Waals surface area contributed by atoms with E-state index in [9.17, 15) is 0 Å². The Morgan fingerprint density at radius 2 is 0.786 bits per heavy atom. The first-order valence-electron chi connectivity index (χ1n) is 11.2. The molecule has 0 aromatic rings. The van der Waals surface area contributed by atoms with Gasteiger partial charge >= 0.3 is 0 Å². The van der Waals surface area contributed by atoms with Crippen molar-refractivity contribution in [3.63, 3.8) is 0 Å². The van der Waals surface area contributed by atoms with E-state index in [1.165, 1.54) is 0 Å². The van der Waals surface area contributed by atoms with Gasteiger partial charge in [0.2, 0.25) is 0 Å². The minimum Gasteiger partial charge on any atom is -0.316 e. The second-order valence-corrected chi connectivity index (χ2v) is 12.4. The molecular weight excluding hydrogens is 463 g/mol. The minimum atomic E-state index is 0.192. The van der Waals surface area contributed by atoms with Crippen LogP contribution in [-0.2, 0) is 0 Å². The molecule has 3 fully saturated rings. The lowest BCUT2D eigenvalue weighted by atomic mass is 9.89. The smallest absolute Gasteiger partial charge is 0.0594 e. The van der Waals surface area contributed by atoms with Gasteiger partial charge in [0.25, 0.3) is 0 Å². The third-order valence-electron chi connectivity index (χ3n) is 5.94. The van der Waals surface area contributed by atoms with Gasteiger partial charge in [0.15, 0.2) is 0 Å². The average Bonchev–Trinajstić information content (AvgIpc) is 2.60. The molecule has 7 heteroatoms. The number of hydrogen-bond acceptors (Lipinski definition) is 6. The molecule has 3 heterocycles. The number of alkyl halides is 1. The van der Waals surface area contributed by atoms with Crippen LogP contribution in [0.3, 0.4) is 0 Å². The lowest BCUT2D eigenvalue weighted by Crippen LogP contribution is -2.54. The fraction of sp³-hybridized carbons (Fsp3) is 1.00. The summed E-state index contributed by atoms with van der Waals surface area (Å²) in [6, 6.07) is 0. The predicted octanol–water partition coefficient (Wildman–Crippen LogP) is 0.640. The lowest BCUT2D eigenvalue weighted by molar-refractivity contribution is 0.254. The standard InChI is InChI=1S/C21H45IN6/c1-17-5-23-11-20(4)12-24-6-18(2)9-27-15-21(22,14-26-8-17)16-28-10-19(3)7-25-13-20/h17-19,23-28H,5-16H2,1-4H3/t17-,18?,19?,20?,21?/m0/s1. The van der Waals surface area contributed by atoms with E-state index < -0.39 is 0 Å². The molecule has 0 aromatic heterocycles. The van der Waals surface area contributed by atoms with E-state index in [4.69, 9.17) is 0 Å². The largest absolute Gasteiger partial charge is 0.316 e. The van der Waals surface area contributed by atoms with Crippen molar-refractivity contribution in [2.24, 2.45) is 23.2 Å². The van der Waals surface area contributed by atoms with Crippen molar-refractivity contribution in [1.82, 2.24) is 31.9 Å². The molecule has 3 atom stereocenters. The van der Waals surface area contributed by atoms with Gasteiger partial charge in [-0.05, 0) is 57.0 Å². The second kappa shape index (κ2) is 12.4. The fourth-order valence-electron chi connectivity index (χ4n) is 4.08. The van der Waals surface area contributed by atoms with Gasteiger partial charge in [0.05, 0.1) is 3.42 Å². The van der Waals surface area contributed by atoms with Crippen LogP contribution in [0, 0.1) is 23.2 Å². The Bertz CT molecular complexity index is 341. The zero-order chi connectivity index (χ0) is 20.5. The summed E-state index contributed by atoms with van der Waals surface area (Å²) >= 11 is 2.67. The lowest BCUT2D eigenvalue weighted by Gasteiger charge is -2.34. The molecule has 2 bridgehead atoms. The first-order valence-corrected chi connectivity index (χ1v) is 12.3. The highest BCUT2D eigenvalue weighted by atomic mass is 127. The maximum atomic E-state index is 3.76. The van der Waals surface area contributed by atoms with E-state index in [2.05, 4.69) is 82.2 Å². The van der Waals surface area contributed by atoms with Crippen molar-refractivity contribution in [2.75, 3.05) is 78.5 Å². The SMILES string of the molecule is CC1CNCC2(C)CNCC(C)CNCC(I)(CNC1)CNC[C@@H](C)CNC2. The van der Waals surface area contributed by atoms with Crippen molar-refractivity contribution in [3.05, 3.63) is 0 Å². The first kappa shape index (κ1) is 24.8. The van der Waals surface area contributed by atoms with Crippen LogP contribution in [0.5, 0.6) is 0 Å². The molecule has 0 radical (unpaired) electrons. The Balaban J connectivity index is 2.14. The Hall–Kier alpha value is 0.490. The summed E-state index contributed by atoms with van der Waals surface area (Å²) in [5, 5.41) is 22.5. The van der Waals surface area contributed by atoms with E-state index in [1.807, 2.05) is 0 Å². The van der Waals surface area contributed by atoms with Gasteiger partial charge in [-0.2, -0.15) is 0 Å². The normalized spacial score (nSPS) is 41.2. The molecule has 166 valence electrons. The van der Waals surface area contributed by atoms with Crippen molar-refractivity contribution in [3.8, 4) is 0 Å². The van der Waals surface area contributed by atoms with Crippen LogP contribution in [-0.4, -0.2) is 82.0 Å². The third-order valence-corrected chi connectivity index (χ3v) is 7.08. The van der Waals surface area contributed by atoms with Crippen LogP contribution in [0.1, 0.15) is 27.7 Å².